The number of likely N-dealkylation sites (tertiary alicyclic amines) is 1. The second-order valence-corrected chi connectivity index (χ2v) is 8.39. The number of rotatable bonds is 7. The van der Waals surface area contributed by atoms with Crippen LogP contribution >= 0.6 is 0 Å². The van der Waals surface area contributed by atoms with Crippen LogP contribution in [0.4, 0.5) is 5.82 Å². The lowest BCUT2D eigenvalue weighted by Crippen LogP contribution is -2.40. The first kappa shape index (κ1) is 22.0. The highest BCUT2D eigenvalue weighted by atomic mass is 16.6. The molecule has 1 fully saturated rings. The van der Waals surface area contributed by atoms with E-state index in [2.05, 4.69) is 49.4 Å². The molecule has 8 nitrogen and oxygen atoms in total. The van der Waals surface area contributed by atoms with Crippen molar-refractivity contribution in [1.29, 1.82) is 0 Å². The maximum absolute atomic E-state index is 12.4. The number of carbonyl (C=O) groups is 1. The van der Waals surface area contributed by atoms with Gasteiger partial charge in [0.25, 0.3) is 0 Å². The van der Waals surface area contributed by atoms with E-state index in [0.717, 1.165) is 49.5 Å². The van der Waals surface area contributed by atoms with Gasteiger partial charge in [0.1, 0.15) is 11.4 Å². The molecule has 0 radical (unpaired) electrons. The van der Waals surface area contributed by atoms with Gasteiger partial charge in [-0.25, -0.2) is 4.63 Å². The van der Waals surface area contributed by atoms with E-state index in [1.807, 2.05) is 19.1 Å². The lowest BCUT2D eigenvalue weighted by atomic mass is 9.92. The van der Waals surface area contributed by atoms with Gasteiger partial charge in [-0.2, -0.15) is 0 Å². The number of aryl methyl sites for hydroxylation is 2. The number of amides is 1. The second-order valence-electron chi connectivity index (χ2n) is 8.39. The van der Waals surface area contributed by atoms with Gasteiger partial charge in [0.2, 0.25) is 5.91 Å². The van der Waals surface area contributed by atoms with Crippen molar-refractivity contribution in [2.45, 2.75) is 39.0 Å². The van der Waals surface area contributed by atoms with Gasteiger partial charge in [-0.1, -0.05) is 17.3 Å². The van der Waals surface area contributed by atoms with Crippen molar-refractivity contribution < 1.29 is 14.2 Å². The molecule has 3 heterocycles. The minimum Gasteiger partial charge on any atom is -0.497 e. The number of ether oxygens (including phenoxy) is 1. The van der Waals surface area contributed by atoms with Gasteiger partial charge in [0.15, 0.2) is 5.82 Å². The fraction of sp³-hybridized carbons (Fsp3) is 0.417. The summed E-state index contributed by atoms with van der Waals surface area (Å²) in [5, 5.41) is 10.2. The zero-order valence-corrected chi connectivity index (χ0v) is 18.8. The largest absolute Gasteiger partial charge is 0.497 e. The van der Waals surface area contributed by atoms with Crippen LogP contribution in [-0.2, 0) is 11.2 Å². The van der Waals surface area contributed by atoms with Crippen molar-refractivity contribution in [2.75, 3.05) is 32.1 Å². The predicted molar refractivity (Wildman–Crippen MR) is 121 cm³/mol. The van der Waals surface area contributed by atoms with Gasteiger partial charge >= 0.3 is 0 Å². The molecule has 4 rings (SSSR count). The lowest BCUT2D eigenvalue weighted by molar-refractivity contribution is -0.117. The zero-order valence-electron chi connectivity index (χ0n) is 18.8. The number of anilines is 1. The minimum atomic E-state index is -0.109. The molecule has 1 aliphatic rings. The molecule has 0 aliphatic carbocycles. The molecule has 1 saturated heterocycles. The number of carbonyl (C=O) groups excluding carboxylic acids is 1. The van der Waals surface area contributed by atoms with Crippen LogP contribution in [0, 0.1) is 13.8 Å². The molecule has 1 aromatic carbocycles. The predicted octanol–water partition coefficient (Wildman–Crippen LogP) is 3.50. The zero-order chi connectivity index (χ0) is 22.5. The van der Waals surface area contributed by atoms with E-state index >= 15 is 0 Å². The number of pyridine rings is 1. The highest BCUT2D eigenvalue weighted by Gasteiger charge is 2.25. The minimum absolute atomic E-state index is 0.109. The summed E-state index contributed by atoms with van der Waals surface area (Å²) in [7, 11) is 1.68. The number of nitrogens with zero attached hydrogens (tertiary/aromatic N) is 4. The normalized spacial score (nSPS) is 16.7. The molecule has 3 aromatic rings. The van der Waals surface area contributed by atoms with E-state index in [9.17, 15) is 4.79 Å². The van der Waals surface area contributed by atoms with Crippen LogP contribution < -0.4 is 10.1 Å². The summed E-state index contributed by atoms with van der Waals surface area (Å²) in [5.41, 5.74) is 5.19. The average molecular weight is 436 g/mol. The molecule has 0 spiro atoms. The Balaban J connectivity index is 1.41. The van der Waals surface area contributed by atoms with Crippen LogP contribution in [0.25, 0.3) is 0 Å². The van der Waals surface area contributed by atoms with Gasteiger partial charge in [0, 0.05) is 23.9 Å². The smallest absolute Gasteiger partial charge is 0.239 e. The number of nitrogens with one attached hydrogen (secondary N) is 1. The highest BCUT2D eigenvalue weighted by molar-refractivity contribution is 5.91. The van der Waals surface area contributed by atoms with Crippen LogP contribution in [0.15, 0.2) is 41.0 Å². The summed E-state index contributed by atoms with van der Waals surface area (Å²) in [6, 6.07) is 12.5. The van der Waals surface area contributed by atoms with Gasteiger partial charge in [-0.05, 0) is 80.2 Å². The Morgan fingerprint density at radius 2 is 2.00 bits per heavy atom. The fourth-order valence-electron chi connectivity index (χ4n) is 4.22. The maximum atomic E-state index is 12.4. The Morgan fingerprint density at radius 1 is 1.19 bits per heavy atom. The van der Waals surface area contributed by atoms with Crippen molar-refractivity contribution >= 4 is 11.7 Å². The molecule has 168 valence electrons. The molecule has 32 heavy (non-hydrogen) atoms. The third-order valence-corrected chi connectivity index (χ3v) is 5.80. The van der Waals surface area contributed by atoms with E-state index < -0.39 is 0 Å². The molecular formula is C24H29N5O3. The van der Waals surface area contributed by atoms with Crippen molar-refractivity contribution in [3.8, 4) is 5.75 Å². The number of methoxy groups -OCH3 is 1. The van der Waals surface area contributed by atoms with Crippen LogP contribution in [0.3, 0.4) is 0 Å². The summed E-state index contributed by atoms with van der Waals surface area (Å²) in [4.78, 5) is 19.5. The first-order valence-electron chi connectivity index (χ1n) is 10.9. The average Bonchev–Trinajstić information content (AvgIpc) is 3.18. The standard InChI is InChI=1S/C24H29N5O3/c1-16-11-19(12-18-6-8-21(31-3)9-7-18)13-22(25-16)20-5-4-10-29(14-20)15-23(30)26-24-17(2)27-32-28-24/h6-9,11,13,20H,4-5,10,12,14-15H2,1-3H3,(H,26,28,30). The number of hydrogen-bond donors (Lipinski definition) is 1. The number of aromatic nitrogens is 3. The Bertz CT molecular complexity index is 1060. The summed E-state index contributed by atoms with van der Waals surface area (Å²) in [6.07, 6.45) is 2.96. The Hall–Kier alpha value is -3.26. The van der Waals surface area contributed by atoms with Crippen molar-refractivity contribution in [2.24, 2.45) is 0 Å². The molecule has 2 aromatic heterocycles. The van der Waals surface area contributed by atoms with E-state index in [-0.39, 0.29) is 5.91 Å². The molecular weight excluding hydrogens is 406 g/mol. The van der Waals surface area contributed by atoms with Gasteiger partial charge < -0.3 is 10.1 Å². The Morgan fingerprint density at radius 3 is 2.72 bits per heavy atom. The second kappa shape index (κ2) is 9.91. The summed E-state index contributed by atoms with van der Waals surface area (Å²) < 4.78 is 9.90. The summed E-state index contributed by atoms with van der Waals surface area (Å²) >= 11 is 0. The van der Waals surface area contributed by atoms with Crippen molar-refractivity contribution in [1.82, 2.24) is 20.2 Å². The maximum Gasteiger partial charge on any atom is 0.239 e. The van der Waals surface area contributed by atoms with E-state index in [1.54, 1.807) is 14.0 Å². The molecule has 1 atom stereocenters. The van der Waals surface area contributed by atoms with Crippen LogP contribution in [0.1, 0.15) is 47.0 Å². The molecule has 1 unspecified atom stereocenters. The monoisotopic (exact) mass is 435 g/mol. The van der Waals surface area contributed by atoms with Crippen molar-refractivity contribution in [3.05, 3.63) is 64.6 Å². The highest BCUT2D eigenvalue weighted by Crippen LogP contribution is 2.27. The molecule has 8 heteroatoms. The van der Waals surface area contributed by atoms with Crippen molar-refractivity contribution in [3.63, 3.8) is 0 Å². The molecule has 0 bridgehead atoms. The molecule has 0 saturated carbocycles. The third-order valence-electron chi connectivity index (χ3n) is 5.80. The Labute approximate surface area is 187 Å². The van der Waals surface area contributed by atoms with E-state index in [0.29, 0.717) is 24.0 Å². The first-order valence-corrected chi connectivity index (χ1v) is 10.9. The lowest BCUT2D eigenvalue weighted by Gasteiger charge is -2.32. The van der Waals surface area contributed by atoms with Gasteiger partial charge in [-0.3, -0.25) is 14.7 Å². The first-order chi connectivity index (χ1) is 15.5. The molecule has 1 amide bonds. The Kier molecular flexibility index (Phi) is 6.80. The summed E-state index contributed by atoms with van der Waals surface area (Å²) in [6.45, 7) is 5.80. The third kappa shape index (κ3) is 5.50. The van der Waals surface area contributed by atoms with Gasteiger partial charge in [0.05, 0.1) is 13.7 Å². The molecule has 1 aliphatic heterocycles. The SMILES string of the molecule is COc1ccc(Cc2cc(C)nc(C3CCCN(CC(=O)Nc4nonc4C)C3)c2)cc1. The van der Waals surface area contributed by atoms with E-state index in [1.165, 1.54) is 11.1 Å². The number of benzene rings is 1. The van der Waals surface area contributed by atoms with Crippen LogP contribution in [-0.4, -0.2) is 52.8 Å². The van der Waals surface area contributed by atoms with Crippen LogP contribution in [0.2, 0.25) is 0 Å². The molecule has 1 N–H and O–H groups in total. The van der Waals surface area contributed by atoms with Crippen LogP contribution in [0.5, 0.6) is 5.75 Å². The van der Waals surface area contributed by atoms with E-state index in [4.69, 9.17) is 9.72 Å². The van der Waals surface area contributed by atoms with Gasteiger partial charge in [-0.15, -0.1) is 0 Å². The number of piperidine rings is 1. The topological polar surface area (TPSA) is 93.4 Å². The fourth-order valence-corrected chi connectivity index (χ4v) is 4.22. The number of hydrogen-bond acceptors (Lipinski definition) is 7. The summed E-state index contributed by atoms with van der Waals surface area (Å²) in [5.74, 6) is 1.44. The quantitative estimate of drug-likeness (QED) is 0.607.